The molecule has 0 spiro atoms. The third-order valence-corrected chi connectivity index (χ3v) is 4.21. The third kappa shape index (κ3) is 4.56. The number of nitrogens with one attached hydrogen (secondary N) is 1. The molecule has 1 aromatic carbocycles. The molecule has 120 valence electrons. The van der Waals surface area contributed by atoms with Crippen molar-refractivity contribution in [3.05, 3.63) is 52.7 Å². The van der Waals surface area contributed by atoms with Gasteiger partial charge in [0.1, 0.15) is 5.03 Å². The molecular formula is C17H19N3O2S. The lowest BCUT2D eigenvalue weighted by molar-refractivity contribution is -0.113. The molecule has 1 heterocycles. The molecule has 6 heteroatoms. The van der Waals surface area contributed by atoms with E-state index in [0.29, 0.717) is 10.6 Å². The van der Waals surface area contributed by atoms with E-state index in [0.717, 1.165) is 22.5 Å². The number of carbonyl (C=O) groups excluding carboxylic acids is 2. The van der Waals surface area contributed by atoms with E-state index in [1.807, 2.05) is 45.0 Å². The number of hydrogen-bond acceptors (Lipinski definition) is 4. The van der Waals surface area contributed by atoms with Gasteiger partial charge in [0.05, 0.1) is 11.3 Å². The number of amides is 2. The van der Waals surface area contributed by atoms with Crippen LogP contribution in [0.1, 0.15) is 27.2 Å². The Kier molecular flexibility index (Phi) is 5.39. The molecule has 0 aliphatic heterocycles. The van der Waals surface area contributed by atoms with Gasteiger partial charge in [-0.2, -0.15) is 0 Å². The van der Waals surface area contributed by atoms with Gasteiger partial charge in [0, 0.05) is 11.4 Å². The fourth-order valence-electron chi connectivity index (χ4n) is 2.17. The highest BCUT2D eigenvalue weighted by Crippen LogP contribution is 2.24. The van der Waals surface area contributed by atoms with Gasteiger partial charge in [-0.05, 0) is 44.5 Å². The zero-order valence-electron chi connectivity index (χ0n) is 13.3. The molecule has 23 heavy (non-hydrogen) atoms. The normalized spacial score (nSPS) is 10.4. The van der Waals surface area contributed by atoms with E-state index < -0.39 is 5.91 Å². The van der Waals surface area contributed by atoms with Gasteiger partial charge in [0.15, 0.2) is 0 Å². The number of benzene rings is 1. The molecule has 0 aliphatic carbocycles. The van der Waals surface area contributed by atoms with E-state index in [1.54, 1.807) is 6.07 Å². The summed E-state index contributed by atoms with van der Waals surface area (Å²) in [6.07, 6.45) is 0. The van der Waals surface area contributed by atoms with Gasteiger partial charge in [-0.15, -0.1) is 0 Å². The quantitative estimate of drug-likeness (QED) is 0.826. The van der Waals surface area contributed by atoms with Gasteiger partial charge in [-0.3, -0.25) is 9.59 Å². The standard InChI is InChI=1S/C17H19N3O2S/c1-10-4-6-13(7-5-10)20-14(21)9-23-17-15(16(18)22)11(2)8-12(3)19-17/h4-8H,9H2,1-3H3,(H2,18,22)(H,20,21). The van der Waals surface area contributed by atoms with Crippen LogP contribution in [0, 0.1) is 20.8 Å². The van der Waals surface area contributed by atoms with Crippen molar-refractivity contribution in [2.75, 3.05) is 11.1 Å². The zero-order chi connectivity index (χ0) is 17.0. The average molecular weight is 329 g/mol. The second kappa shape index (κ2) is 7.28. The summed E-state index contributed by atoms with van der Waals surface area (Å²) in [6.45, 7) is 5.64. The first kappa shape index (κ1) is 17.0. The Hall–Kier alpha value is -2.34. The summed E-state index contributed by atoms with van der Waals surface area (Å²) in [5, 5.41) is 3.31. The van der Waals surface area contributed by atoms with E-state index in [1.165, 1.54) is 11.8 Å². The number of hydrogen-bond donors (Lipinski definition) is 2. The highest BCUT2D eigenvalue weighted by atomic mass is 32.2. The van der Waals surface area contributed by atoms with Gasteiger partial charge in [0.2, 0.25) is 5.91 Å². The van der Waals surface area contributed by atoms with Crippen molar-refractivity contribution in [1.29, 1.82) is 0 Å². The predicted molar refractivity (Wildman–Crippen MR) is 92.8 cm³/mol. The molecule has 0 bridgehead atoms. The van der Waals surface area contributed by atoms with Crippen molar-refractivity contribution in [1.82, 2.24) is 4.98 Å². The van der Waals surface area contributed by atoms with E-state index in [9.17, 15) is 9.59 Å². The maximum absolute atomic E-state index is 12.0. The Balaban J connectivity index is 2.07. The van der Waals surface area contributed by atoms with Gasteiger partial charge in [0.25, 0.3) is 5.91 Å². The van der Waals surface area contributed by atoms with Crippen molar-refractivity contribution < 1.29 is 9.59 Å². The molecular weight excluding hydrogens is 310 g/mol. The summed E-state index contributed by atoms with van der Waals surface area (Å²) in [4.78, 5) is 28.0. The number of pyridine rings is 1. The lowest BCUT2D eigenvalue weighted by Crippen LogP contribution is -2.17. The topological polar surface area (TPSA) is 85.1 Å². The van der Waals surface area contributed by atoms with Crippen LogP contribution in [0.25, 0.3) is 0 Å². The summed E-state index contributed by atoms with van der Waals surface area (Å²) >= 11 is 1.21. The number of nitrogens with zero attached hydrogens (tertiary/aromatic N) is 1. The van der Waals surface area contributed by atoms with Gasteiger partial charge in [-0.25, -0.2) is 4.98 Å². The Bertz CT molecular complexity index is 742. The van der Waals surface area contributed by atoms with E-state index >= 15 is 0 Å². The monoisotopic (exact) mass is 329 g/mol. The van der Waals surface area contributed by atoms with E-state index in [-0.39, 0.29) is 11.7 Å². The fourth-order valence-corrected chi connectivity index (χ4v) is 3.13. The lowest BCUT2D eigenvalue weighted by Gasteiger charge is -2.10. The number of primary amides is 1. The van der Waals surface area contributed by atoms with Crippen LogP contribution in [0.4, 0.5) is 5.69 Å². The Morgan fingerprint density at radius 2 is 1.83 bits per heavy atom. The summed E-state index contributed by atoms with van der Waals surface area (Å²) in [5.74, 6) is -0.531. The number of aryl methyl sites for hydroxylation is 3. The Morgan fingerprint density at radius 3 is 2.43 bits per heavy atom. The molecule has 3 N–H and O–H groups in total. The van der Waals surface area contributed by atoms with Crippen LogP contribution < -0.4 is 11.1 Å². The van der Waals surface area contributed by atoms with Gasteiger partial charge >= 0.3 is 0 Å². The lowest BCUT2D eigenvalue weighted by atomic mass is 10.1. The molecule has 0 unspecified atom stereocenters. The minimum Gasteiger partial charge on any atom is -0.366 e. The molecule has 2 rings (SSSR count). The number of anilines is 1. The van der Waals surface area contributed by atoms with Crippen molar-refractivity contribution in [3.8, 4) is 0 Å². The van der Waals surface area contributed by atoms with Crippen molar-refractivity contribution >= 4 is 29.3 Å². The summed E-state index contributed by atoms with van der Waals surface area (Å²) in [5.41, 5.74) is 9.22. The van der Waals surface area contributed by atoms with Crippen LogP contribution >= 0.6 is 11.8 Å². The molecule has 5 nitrogen and oxygen atoms in total. The highest BCUT2D eigenvalue weighted by molar-refractivity contribution is 8.00. The maximum atomic E-state index is 12.0. The number of aromatic nitrogens is 1. The van der Waals surface area contributed by atoms with Crippen molar-refractivity contribution in [3.63, 3.8) is 0 Å². The van der Waals surface area contributed by atoms with Crippen LogP contribution in [0.3, 0.4) is 0 Å². The van der Waals surface area contributed by atoms with Crippen LogP contribution in [-0.2, 0) is 4.79 Å². The van der Waals surface area contributed by atoms with Crippen molar-refractivity contribution in [2.24, 2.45) is 5.73 Å². The summed E-state index contributed by atoms with van der Waals surface area (Å²) in [6, 6.07) is 9.36. The average Bonchev–Trinajstić information content (AvgIpc) is 2.46. The second-order valence-electron chi connectivity index (χ2n) is 5.33. The first-order chi connectivity index (χ1) is 10.9. The molecule has 0 fully saturated rings. The second-order valence-corrected chi connectivity index (χ2v) is 6.29. The highest BCUT2D eigenvalue weighted by Gasteiger charge is 2.15. The smallest absolute Gasteiger partial charge is 0.251 e. The van der Waals surface area contributed by atoms with Crippen LogP contribution in [0.15, 0.2) is 35.4 Å². The fraction of sp³-hybridized carbons (Fsp3) is 0.235. The Morgan fingerprint density at radius 1 is 1.17 bits per heavy atom. The van der Waals surface area contributed by atoms with Crippen LogP contribution in [0.2, 0.25) is 0 Å². The predicted octanol–water partition coefficient (Wildman–Crippen LogP) is 2.84. The van der Waals surface area contributed by atoms with Crippen LogP contribution in [-0.4, -0.2) is 22.6 Å². The SMILES string of the molecule is Cc1ccc(NC(=O)CSc2nc(C)cc(C)c2C(N)=O)cc1. The summed E-state index contributed by atoms with van der Waals surface area (Å²) < 4.78 is 0. The van der Waals surface area contributed by atoms with Gasteiger partial charge < -0.3 is 11.1 Å². The largest absolute Gasteiger partial charge is 0.366 e. The number of rotatable bonds is 5. The zero-order valence-corrected chi connectivity index (χ0v) is 14.2. The molecule has 0 saturated heterocycles. The number of thioether (sulfide) groups is 1. The summed E-state index contributed by atoms with van der Waals surface area (Å²) in [7, 11) is 0. The molecule has 2 aromatic rings. The minimum atomic E-state index is -0.531. The third-order valence-electron chi connectivity index (χ3n) is 3.23. The molecule has 0 aliphatic rings. The number of carbonyl (C=O) groups is 2. The maximum Gasteiger partial charge on any atom is 0.251 e. The van der Waals surface area contributed by atoms with Crippen molar-refractivity contribution in [2.45, 2.75) is 25.8 Å². The molecule has 0 atom stereocenters. The molecule has 2 amide bonds. The molecule has 1 aromatic heterocycles. The van der Waals surface area contributed by atoms with E-state index in [2.05, 4.69) is 10.3 Å². The van der Waals surface area contributed by atoms with E-state index in [4.69, 9.17) is 5.73 Å². The first-order valence-corrected chi connectivity index (χ1v) is 8.12. The molecule has 0 radical (unpaired) electrons. The molecule has 0 saturated carbocycles. The Labute approximate surface area is 139 Å². The van der Waals surface area contributed by atoms with Crippen LogP contribution in [0.5, 0.6) is 0 Å². The number of nitrogens with two attached hydrogens (primary N) is 1. The minimum absolute atomic E-state index is 0.157. The van der Waals surface area contributed by atoms with Gasteiger partial charge in [-0.1, -0.05) is 29.5 Å². The first-order valence-electron chi connectivity index (χ1n) is 7.14.